The molecule has 0 fully saturated rings. The van der Waals surface area contributed by atoms with Crippen molar-refractivity contribution in [2.45, 2.75) is 58.8 Å². The maximum Gasteiger partial charge on any atom is 0.159 e. The van der Waals surface area contributed by atoms with E-state index in [-0.39, 0.29) is 0 Å². The van der Waals surface area contributed by atoms with Gasteiger partial charge in [-0.05, 0) is 49.1 Å². The summed E-state index contributed by atoms with van der Waals surface area (Å²) in [5, 5.41) is 0. The highest BCUT2D eigenvalue weighted by Crippen LogP contribution is 2.19. The Hall–Kier alpha value is -1.90. The van der Waals surface area contributed by atoms with Crippen LogP contribution in [0.2, 0.25) is 0 Å². The Bertz CT molecular complexity index is 549. The standard InChI is InChI=1S/C20H28N2O/c1-3-5-7-9-17-15-21-20(22-16-17)18-10-12-19(13-11-18)23-14-8-6-4-2/h10-13,15-16H,3-9,14H2,1-2H3. The number of ether oxygens (including phenoxy) is 1. The molecule has 1 heterocycles. The van der Waals surface area contributed by atoms with Gasteiger partial charge >= 0.3 is 0 Å². The molecular weight excluding hydrogens is 284 g/mol. The van der Waals surface area contributed by atoms with Crippen LogP contribution in [0, 0.1) is 0 Å². The number of aryl methyl sites for hydroxylation is 1. The monoisotopic (exact) mass is 312 g/mol. The zero-order valence-corrected chi connectivity index (χ0v) is 14.4. The van der Waals surface area contributed by atoms with Gasteiger partial charge in [-0.2, -0.15) is 0 Å². The molecule has 0 saturated heterocycles. The number of hydrogen-bond donors (Lipinski definition) is 0. The van der Waals surface area contributed by atoms with Crippen LogP contribution in [0.3, 0.4) is 0 Å². The fraction of sp³-hybridized carbons (Fsp3) is 0.500. The Morgan fingerprint density at radius 3 is 2.13 bits per heavy atom. The average Bonchev–Trinajstić information content (AvgIpc) is 2.60. The first-order valence-corrected chi connectivity index (χ1v) is 8.87. The number of aromatic nitrogens is 2. The van der Waals surface area contributed by atoms with Crippen LogP contribution in [0.25, 0.3) is 11.4 Å². The summed E-state index contributed by atoms with van der Waals surface area (Å²) in [6.45, 7) is 5.21. The highest BCUT2D eigenvalue weighted by atomic mass is 16.5. The van der Waals surface area contributed by atoms with Crippen LogP contribution in [0.4, 0.5) is 0 Å². The second kappa shape index (κ2) is 9.98. The number of nitrogens with zero attached hydrogens (tertiary/aromatic N) is 2. The van der Waals surface area contributed by atoms with Gasteiger partial charge in [-0.15, -0.1) is 0 Å². The van der Waals surface area contributed by atoms with Crippen LogP contribution in [0.1, 0.15) is 57.9 Å². The van der Waals surface area contributed by atoms with E-state index in [1.807, 2.05) is 36.7 Å². The molecule has 2 aromatic rings. The van der Waals surface area contributed by atoms with E-state index in [9.17, 15) is 0 Å². The summed E-state index contributed by atoms with van der Waals surface area (Å²) in [5.41, 5.74) is 2.25. The lowest BCUT2D eigenvalue weighted by molar-refractivity contribution is 0.306. The first-order chi connectivity index (χ1) is 11.3. The van der Waals surface area contributed by atoms with E-state index in [0.717, 1.165) is 36.6 Å². The van der Waals surface area contributed by atoms with E-state index in [1.54, 1.807) is 0 Å². The maximum absolute atomic E-state index is 5.73. The maximum atomic E-state index is 5.73. The minimum absolute atomic E-state index is 0.779. The van der Waals surface area contributed by atoms with Gasteiger partial charge in [0.15, 0.2) is 5.82 Å². The number of unbranched alkanes of at least 4 members (excludes halogenated alkanes) is 4. The molecule has 23 heavy (non-hydrogen) atoms. The lowest BCUT2D eigenvalue weighted by Crippen LogP contribution is -1.97. The van der Waals surface area contributed by atoms with Crippen molar-refractivity contribution in [3.63, 3.8) is 0 Å². The molecule has 124 valence electrons. The van der Waals surface area contributed by atoms with Gasteiger partial charge in [0, 0.05) is 18.0 Å². The van der Waals surface area contributed by atoms with Crippen LogP contribution in [0.5, 0.6) is 5.75 Å². The zero-order chi connectivity index (χ0) is 16.3. The van der Waals surface area contributed by atoms with E-state index >= 15 is 0 Å². The zero-order valence-electron chi connectivity index (χ0n) is 14.4. The third-order valence-corrected chi connectivity index (χ3v) is 3.90. The number of hydrogen-bond acceptors (Lipinski definition) is 3. The predicted molar refractivity (Wildman–Crippen MR) is 95.7 cm³/mol. The summed E-state index contributed by atoms with van der Waals surface area (Å²) < 4.78 is 5.73. The van der Waals surface area contributed by atoms with Crippen molar-refractivity contribution in [2.75, 3.05) is 6.61 Å². The molecule has 0 N–H and O–H groups in total. The molecule has 0 aliphatic carbocycles. The number of rotatable bonds is 10. The minimum atomic E-state index is 0.779. The molecule has 1 aromatic heterocycles. The van der Waals surface area contributed by atoms with Crippen LogP contribution >= 0.6 is 0 Å². The Kier molecular flexibility index (Phi) is 7.58. The largest absolute Gasteiger partial charge is 0.494 e. The van der Waals surface area contributed by atoms with Gasteiger partial charge in [-0.25, -0.2) is 9.97 Å². The molecule has 0 atom stereocenters. The van der Waals surface area contributed by atoms with E-state index in [0.29, 0.717) is 0 Å². The third-order valence-electron chi connectivity index (χ3n) is 3.90. The highest BCUT2D eigenvalue weighted by Gasteiger charge is 2.02. The normalized spacial score (nSPS) is 10.7. The van der Waals surface area contributed by atoms with Crippen molar-refractivity contribution in [1.82, 2.24) is 9.97 Å². The Labute approximate surface area is 140 Å². The lowest BCUT2D eigenvalue weighted by atomic mass is 10.1. The number of benzene rings is 1. The molecule has 1 aromatic carbocycles. The third kappa shape index (κ3) is 6.01. The van der Waals surface area contributed by atoms with Crippen molar-refractivity contribution in [2.24, 2.45) is 0 Å². The summed E-state index contributed by atoms with van der Waals surface area (Å²) in [6.07, 6.45) is 12.2. The van der Waals surface area contributed by atoms with Crippen molar-refractivity contribution >= 4 is 0 Å². The molecule has 0 amide bonds. The van der Waals surface area contributed by atoms with Gasteiger partial charge in [0.05, 0.1) is 6.61 Å². The molecule has 3 heteroatoms. The molecule has 0 aliphatic rings. The van der Waals surface area contributed by atoms with Gasteiger partial charge in [-0.3, -0.25) is 0 Å². The molecular formula is C20H28N2O. The summed E-state index contributed by atoms with van der Waals surface area (Å²) in [5.74, 6) is 1.70. The smallest absolute Gasteiger partial charge is 0.159 e. The quantitative estimate of drug-likeness (QED) is 0.547. The highest BCUT2D eigenvalue weighted by molar-refractivity contribution is 5.55. The second-order valence-electron chi connectivity index (χ2n) is 5.95. The fourth-order valence-corrected chi connectivity index (χ4v) is 2.45. The van der Waals surface area contributed by atoms with Crippen LogP contribution in [-0.4, -0.2) is 16.6 Å². The van der Waals surface area contributed by atoms with Gasteiger partial charge in [0.2, 0.25) is 0 Å². The van der Waals surface area contributed by atoms with Gasteiger partial charge in [0.25, 0.3) is 0 Å². The fourth-order valence-electron chi connectivity index (χ4n) is 2.45. The molecule has 2 rings (SSSR count). The molecule has 0 radical (unpaired) electrons. The molecule has 0 aliphatic heterocycles. The molecule has 0 saturated carbocycles. The van der Waals surface area contributed by atoms with Gasteiger partial charge < -0.3 is 4.74 Å². The van der Waals surface area contributed by atoms with Gasteiger partial charge in [0.1, 0.15) is 5.75 Å². The Morgan fingerprint density at radius 1 is 0.826 bits per heavy atom. The first kappa shape index (κ1) is 17.5. The van der Waals surface area contributed by atoms with Crippen molar-refractivity contribution in [3.8, 4) is 17.1 Å². The predicted octanol–water partition coefficient (Wildman–Crippen LogP) is 5.45. The Balaban J connectivity index is 1.88. The lowest BCUT2D eigenvalue weighted by Gasteiger charge is -2.07. The summed E-state index contributed by atoms with van der Waals surface area (Å²) in [4.78, 5) is 8.98. The Morgan fingerprint density at radius 2 is 1.48 bits per heavy atom. The molecule has 0 unspecified atom stereocenters. The molecule has 0 bridgehead atoms. The topological polar surface area (TPSA) is 35.0 Å². The van der Waals surface area contributed by atoms with E-state index in [1.165, 1.54) is 37.7 Å². The van der Waals surface area contributed by atoms with E-state index < -0.39 is 0 Å². The van der Waals surface area contributed by atoms with E-state index in [2.05, 4.69) is 23.8 Å². The second-order valence-corrected chi connectivity index (χ2v) is 5.95. The first-order valence-electron chi connectivity index (χ1n) is 8.87. The van der Waals surface area contributed by atoms with Crippen LogP contribution in [-0.2, 0) is 6.42 Å². The van der Waals surface area contributed by atoms with Crippen molar-refractivity contribution in [1.29, 1.82) is 0 Å². The minimum Gasteiger partial charge on any atom is -0.494 e. The molecule has 3 nitrogen and oxygen atoms in total. The van der Waals surface area contributed by atoms with Gasteiger partial charge in [-0.1, -0.05) is 39.5 Å². The summed E-state index contributed by atoms with van der Waals surface area (Å²) in [6, 6.07) is 8.06. The van der Waals surface area contributed by atoms with Crippen molar-refractivity contribution in [3.05, 3.63) is 42.2 Å². The SMILES string of the molecule is CCCCCOc1ccc(-c2ncc(CCCCC)cn2)cc1. The molecule has 0 spiro atoms. The van der Waals surface area contributed by atoms with Crippen LogP contribution in [0.15, 0.2) is 36.7 Å². The van der Waals surface area contributed by atoms with Crippen LogP contribution < -0.4 is 4.74 Å². The average molecular weight is 312 g/mol. The van der Waals surface area contributed by atoms with E-state index in [4.69, 9.17) is 4.74 Å². The summed E-state index contributed by atoms with van der Waals surface area (Å²) >= 11 is 0. The van der Waals surface area contributed by atoms with Crippen molar-refractivity contribution < 1.29 is 4.74 Å². The summed E-state index contributed by atoms with van der Waals surface area (Å²) in [7, 11) is 0.